The maximum Gasteiger partial charge on any atom is 0.348 e. The van der Waals surface area contributed by atoms with Gasteiger partial charge < -0.3 is 10.1 Å². The number of hydrogen-bond donors (Lipinski definition) is 1. The van der Waals surface area contributed by atoms with Crippen LogP contribution in [0.2, 0.25) is 0 Å². The Morgan fingerprint density at radius 3 is 2.59 bits per heavy atom. The quantitative estimate of drug-likeness (QED) is 0.515. The van der Waals surface area contributed by atoms with Gasteiger partial charge in [-0.2, -0.15) is 5.10 Å². The fraction of sp³-hybridized carbons (Fsp3) is 0.105. The van der Waals surface area contributed by atoms with Crippen LogP contribution in [-0.2, 0) is 4.74 Å². The molecule has 4 rings (SSSR count). The molecule has 1 N–H and O–H groups in total. The molecule has 0 aliphatic carbocycles. The summed E-state index contributed by atoms with van der Waals surface area (Å²) in [4.78, 5) is 26.1. The number of esters is 1. The molecule has 0 fully saturated rings. The van der Waals surface area contributed by atoms with Crippen molar-refractivity contribution < 1.29 is 14.3 Å². The Kier molecular flexibility index (Phi) is 4.51. The van der Waals surface area contributed by atoms with Gasteiger partial charge in [-0.1, -0.05) is 18.2 Å². The Bertz CT molecular complexity index is 1140. The molecule has 1 amide bonds. The highest BCUT2D eigenvalue weighted by molar-refractivity contribution is 7.21. The number of nitrogens with one attached hydrogen (secondary N) is 1. The number of fused-ring (bicyclic) bond motifs is 1. The van der Waals surface area contributed by atoms with Crippen LogP contribution >= 0.6 is 22.7 Å². The first-order valence-corrected chi connectivity index (χ1v) is 9.74. The fourth-order valence-electron chi connectivity index (χ4n) is 2.69. The number of carbonyl (C=O) groups excluding carboxylic acids is 2. The molecule has 0 aliphatic rings. The molecule has 0 radical (unpaired) electrons. The number of amides is 1. The van der Waals surface area contributed by atoms with Crippen molar-refractivity contribution in [3.8, 4) is 5.69 Å². The topological polar surface area (TPSA) is 73.2 Å². The highest BCUT2D eigenvalue weighted by Gasteiger charge is 2.18. The number of anilines is 1. The van der Waals surface area contributed by atoms with Crippen LogP contribution in [0.25, 0.3) is 15.9 Å². The standard InChI is InChI=1S/C19H15N3O3S2/c1-11-13-10-15(17(23)20-16-9-8-14(26-16)19(24)25-2)27-18(13)22(21-11)12-6-4-3-5-7-12/h3-10H,1-2H3,(H,20,23). The summed E-state index contributed by atoms with van der Waals surface area (Å²) in [5.74, 6) is -0.630. The first kappa shape index (κ1) is 17.4. The van der Waals surface area contributed by atoms with Crippen molar-refractivity contribution in [2.45, 2.75) is 6.92 Å². The lowest BCUT2D eigenvalue weighted by molar-refractivity contribution is 0.0606. The second kappa shape index (κ2) is 6.98. The largest absolute Gasteiger partial charge is 0.465 e. The molecule has 0 aliphatic heterocycles. The van der Waals surface area contributed by atoms with Crippen LogP contribution in [0.5, 0.6) is 0 Å². The van der Waals surface area contributed by atoms with Crippen molar-refractivity contribution in [3.05, 3.63) is 64.0 Å². The van der Waals surface area contributed by atoms with Gasteiger partial charge in [0, 0.05) is 5.39 Å². The lowest BCUT2D eigenvalue weighted by atomic mass is 10.3. The lowest BCUT2D eigenvalue weighted by Gasteiger charge is -2.01. The predicted molar refractivity (Wildman–Crippen MR) is 107 cm³/mol. The molecule has 3 heterocycles. The van der Waals surface area contributed by atoms with Gasteiger partial charge in [0.15, 0.2) is 0 Å². The Morgan fingerprint density at radius 2 is 1.85 bits per heavy atom. The van der Waals surface area contributed by atoms with Crippen LogP contribution in [0.3, 0.4) is 0 Å². The maximum absolute atomic E-state index is 12.6. The normalized spacial score (nSPS) is 10.9. The predicted octanol–water partition coefficient (Wildman–Crippen LogP) is 4.50. The van der Waals surface area contributed by atoms with Gasteiger partial charge in [0.05, 0.1) is 28.4 Å². The smallest absolute Gasteiger partial charge is 0.348 e. The third kappa shape index (κ3) is 3.24. The van der Waals surface area contributed by atoms with Crippen LogP contribution in [-0.4, -0.2) is 28.8 Å². The first-order valence-electron chi connectivity index (χ1n) is 8.11. The Hall–Kier alpha value is -2.97. The summed E-state index contributed by atoms with van der Waals surface area (Å²) in [6.07, 6.45) is 0. The van der Waals surface area contributed by atoms with Crippen molar-refractivity contribution in [1.82, 2.24) is 9.78 Å². The molecule has 8 heteroatoms. The van der Waals surface area contributed by atoms with Gasteiger partial charge in [-0.25, -0.2) is 9.48 Å². The van der Waals surface area contributed by atoms with Gasteiger partial charge in [-0.3, -0.25) is 4.79 Å². The summed E-state index contributed by atoms with van der Waals surface area (Å²) in [6, 6.07) is 15.0. The van der Waals surface area contributed by atoms with E-state index in [9.17, 15) is 9.59 Å². The molecule has 1 aromatic carbocycles. The number of benzene rings is 1. The molecule has 0 spiro atoms. The number of nitrogens with zero attached hydrogens (tertiary/aromatic N) is 2. The van der Waals surface area contributed by atoms with Gasteiger partial charge in [-0.15, -0.1) is 22.7 Å². The van der Waals surface area contributed by atoms with E-state index in [2.05, 4.69) is 15.2 Å². The van der Waals surface area contributed by atoms with E-state index in [1.54, 1.807) is 12.1 Å². The molecule has 27 heavy (non-hydrogen) atoms. The minimum Gasteiger partial charge on any atom is -0.465 e. The van der Waals surface area contributed by atoms with E-state index in [-0.39, 0.29) is 5.91 Å². The molecule has 3 aromatic heterocycles. The number of carbonyl (C=O) groups is 2. The van der Waals surface area contributed by atoms with E-state index in [1.165, 1.54) is 29.8 Å². The average Bonchev–Trinajstić information content (AvgIpc) is 3.39. The van der Waals surface area contributed by atoms with Crippen LogP contribution in [0, 0.1) is 6.92 Å². The molecule has 136 valence electrons. The molecule has 0 saturated carbocycles. The zero-order valence-electron chi connectivity index (χ0n) is 14.6. The summed E-state index contributed by atoms with van der Waals surface area (Å²) in [6.45, 7) is 1.93. The highest BCUT2D eigenvalue weighted by Crippen LogP contribution is 2.31. The summed E-state index contributed by atoms with van der Waals surface area (Å²) in [5, 5.41) is 8.97. The molecule has 0 saturated heterocycles. The van der Waals surface area contributed by atoms with E-state index in [0.29, 0.717) is 14.8 Å². The van der Waals surface area contributed by atoms with E-state index in [4.69, 9.17) is 0 Å². The summed E-state index contributed by atoms with van der Waals surface area (Å²) in [7, 11) is 1.33. The van der Waals surface area contributed by atoms with Crippen molar-refractivity contribution in [2.75, 3.05) is 12.4 Å². The van der Waals surface area contributed by atoms with Gasteiger partial charge in [0.1, 0.15) is 9.71 Å². The first-order chi connectivity index (χ1) is 13.1. The Labute approximate surface area is 163 Å². The van der Waals surface area contributed by atoms with E-state index < -0.39 is 5.97 Å². The second-order valence-corrected chi connectivity index (χ2v) is 7.89. The summed E-state index contributed by atoms with van der Waals surface area (Å²) < 4.78 is 6.54. The van der Waals surface area contributed by atoms with E-state index in [1.807, 2.05) is 48.0 Å². The maximum atomic E-state index is 12.6. The van der Waals surface area contributed by atoms with Crippen LogP contribution in [0.1, 0.15) is 25.0 Å². The Balaban J connectivity index is 1.63. The van der Waals surface area contributed by atoms with Crippen LogP contribution < -0.4 is 5.32 Å². The minimum atomic E-state index is -0.416. The minimum absolute atomic E-state index is 0.214. The molecule has 0 bridgehead atoms. The molecule has 0 unspecified atom stereocenters. The second-order valence-electron chi connectivity index (χ2n) is 5.77. The summed E-state index contributed by atoms with van der Waals surface area (Å²) in [5.41, 5.74) is 1.82. The number of rotatable bonds is 4. The van der Waals surface area contributed by atoms with Crippen molar-refractivity contribution in [3.63, 3.8) is 0 Å². The SMILES string of the molecule is COC(=O)c1ccc(NC(=O)c2cc3c(C)nn(-c4ccccc4)c3s2)s1. The van der Waals surface area contributed by atoms with E-state index >= 15 is 0 Å². The monoisotopic (exact) mass is 397 g/mol. The zero-order valence-corrected chi connectivity index (χ0v) is 16.2. The number of aryl methyl sites for hydroxylation is 1. The molecule has 4 aromatic rings. The number of para-hydroxylation sites is 1. The molecular formula is C19H15N3O3S2. The van der Waals surface area contributed by atoms with Crippen molar-refractivity contribution >= 4 is 49.8 Å². The van der Waals surface area contributed by atoms with Crippen LogP contribution in [0.15, 0.2) is 48.5 Å². The number of methoxy groups -OCH3 is 1. The summed E-state index contributed by atoms with van der Waals surface area (Å²) >= 11 is 2.57. The number of hydrogen-bond acceptors (Lipinski definition) is 6. The third-order valence-electron chi connectivity index (χ3n) is 4.00. The van der Waals surface area contributed by atoms with E-state index in [0.717, 1.165) is 21.6 Å². The zero-order chi connectivity index (χ0) is 19.0. The fourth-order valence-corrected chi connectivity index (χ4v) is 4.59. The van der Waals surface area contributed by atoms with Crippen molar-refractivity contribution in [1.29, 1.82) is 0 Å². The lowest BCUT2D eigenvalue weighted by Crippen LogP contribution is -2.08. The number of ether oxygens (including phenoxy) is 1. The molecular weight excluding hydrogens is 382 g/mol. The average molecular weight is 397 g/mol. The van der Waals surface area contributed by atoms with Gasteiger partial charge in [0.25, 0.3) is 5.91 Å². The van der Waals surface area contributed by atoms with Crippen LogP contribution in [0.4, 0.5) is 5.00 Å². The van der Waals surface area contributed by atoms with Gasteiger partial charge in [0.2, 0.25) is 0 Å². The van der Waals surface area contributed by atoms with Gasteiger partial charge >= 0.3 is 5.97 Å². The van der Waals surface area contributed by atoms with Gasteiger partial charge in [-0.05, 0) is 37.3 Å². The highest BCUT2D eigenvalue weighted by atomic mass is 32.1. The van der Waals surface area contributed by atoms with Crippen molar-refractivity contribution in [2.24, 2.45) is 0 Å². The third-order valence-corrected chi connectivity index (χ3v) is 6.09. The molecule has 0 atom stereocenters. The molecule has 6 nitrogen and oxygen atoms in total. The Morgan fingerprint density at radius 1 is 1.07 bits per heavy atom. The number of thiophene rings is 2. The number of aromatic nitrogens is 2.